The van der Waals surface area contributed by atoms with Crippen molar-refractivity contribution < 1.29 is 23.0 Å². The summed E-state index contributed by atoms with van der Waals surface area (Å²) in [6, 6.07) is 10.6. The third kappa shape index (κ3) is 5.17. The normalized spacial score (nSPS) is 12.6. The number of aliphatic hydroxyl groups is 1. The van der Waals surface area contributed by atoms with E-state index in [1.165, 1.54) is 24.3 Å². The molecule has 0 saturated carbocycles. The molecule has 0 amide bonds. The van der Waals surface area contributed by atoms with Gasteiger partial charge in [0.2, 0.25) is 0 Å². The topological polar surface area (TPSA) is 53.5 Å². The molecule has 2 rings (SSSR count). The predicted molar refractivity (Wildman–Crippen MR) is 90.5 cm³/mol. The molecule has 3 N–H and O–H groups in total. The maximum atomic E-state index is 12.2. The minimum absolute atomic E-state index is 0.309. The van der Waals surface area contributed by atoms with Gasteiger partial charge >= 0.3 is 6.36 Å². The van der Waals surface area contributed by atoms with Crippen LogP contribution in [0.15, 0.2) is 42.5 Å². The Kier molecular flexibility index (Phi) is 5.58. The summed E-state index contributed by atoms with van der Waals surface area (Å²) in [5, 5.41) is 12.9. The third-order valence-corrected chi connectivity index (χ3v) is 3.63. The van der Waals surface area contributed by atoms with Gasteiger partial charge in [-0.05, 0) is 30.7 Å². The fraction of sp³-hybridized carbons (Fsp3) is 0.200. The second kappa shape index (κ2) is 7.26. The van der Waals surface area contributed by atoms with Gasteiger partial charge < -0.3 is 18.7 Å². The van der Waals surface area contributed by atoms with Crippen LogP contribution in [-0.2, 0) is 0 Å². The molecular weight excluding hydrogens is 424 g/mol. The predicted octanol–water partition coefficient (Wildman–Crippen LogP) is 4.76. The highest BCUT2D eigenvalue weighted by Crippen LogP contribution is 2.28. The number of aliphatic hydroxyl groups excluding tert-OH is 1. The first-order valence-corrected chi connectivity index (χ1v) is 7.64. The van der Waals surface area contributed by atoms with Gasteiger partial charge in [-0.2, -0.15) is 0 Å². The summed E-state index contributed by atoms with van der Waals surface area (Å²) in [6.07, 6.45) is -5.82. The van der Waals surface area contributed by atoms with Gasteiger partial charge in [0.25, 0.3) is 0 Å². The Morgan fingerprint density at radius 3 is 2.57 bits per heavy atom. The summed E-state index contributed by atoms with van der Waals surface area (Å²) >= 11 is 1.98. The number of halogens is 4. The number of alkyl halides is 3. The van der Waals surface area contributed by atoms with Crippen LogP contribution < -0.4 is 13.6 Å². The van der Waals surface area contributed by atoms with Gasteiger partial charge in [-0.1, -0.05) is 18.2 Å². The van der Waals surface area contributed by atoms with E-state index in [9.17, 15) is 18.3 Å². The molecule has 0 aliphatic heterocycles. The number of nitrogens with one attached hydrogen (secondary N) is 2. The molecule has 0 heterocycles. The highest BCUT2D eigenvalue weighted by Gasteiger charge is 2.31. The molecule has 2 aromatic carbocycles. The fourth-order valence-corrected chi connectivity index (χ4v) is 2.52. The van der Waals surface area contributed by atoms with Crippen LogP contribution in [0, 0.1) is 6.92 Å². The molecule has 1 atom stereocenters. The quantitative estimate of drug-likeness (QED) is 0.358. The standard InChI is InChI=1S/C15H14F3IN2O2/c1-9-5-6-10(7-13(9)21-19)14(22)20-11-3-2-4-12(8-11)23-15(16,17)18/h2-8,14,20-22H,1H3. The van der Waals surface area contributed by atoms with Gasteiger partial charge in [0.15, 0.2) is 6.23 Å². The summed E-state index contributed by atoms with van der Waals surface area (Å²) in [4.78, 5) is 0. The molecule has 0 bridgehead atoms. The molecular formula is C15H14F3IN2O2. The van der Waals surface area contributed by atoms with Gasteiger partial charge in [0.1, 0.15) is 5.75 Å². The molecule has 124 valence electrons. The van der Waals surface area contributed by atoms with Crippen molar-refractivity contribution in [3.8, 4) is 5.75 Å². The van der Waals surface area contributed by atoms with E-state index >= 15 is 0 Å². The van der Waals surface area contributed by atoms with Crippen molar-refractivity contribution in [1.82, 2.24) is 0 Å². The van der Waals surface area contributed by atoms with Crippen molar-refractivity contribution in [1.29, 1.82) is 0 Å². The Hall–Kier alpha value is -1.68. The Balaban J connectivity index is 2.14. The second-order valence-electron chi connectivity index (χ2n) is 4.79. The smallest absolute Gasteiger partial charge is 0.406 e. The molecule has 0 aromatic heterocycles. The summed E-state index contributed by atoms with van der Waals surface area (Å²) in [5.41, 5.74) is 2.75. The van der Waals surface area contributed by atoms with Crippen molar-refractivity contribution in [3.63, 3.8) is 0 Å². The number of ether oxygens (including phenoxy) is 1. The molecule has 0 radical (unpaired) electrons. The summed E-state index contributed by atoms with van der Waals surface area (Å²) in [7, 11) is 0. The zero-order valence-electron chi connectivity index (χ0n) is 12.0. The first kappa shape index (κ1) is 17.7. The van der Waals surface area contributed by atoms with E-state index in [1.54, 1.807) is 12.1 Å². The van der Waals surface area contributed by atoms with Crippen molar-refractivity contribution in [3.05, 3.63) is 53.6 Å². The van der Waals surface area contributed by atoms with E-state index < -0.39 is 12.6 Å². The van der Waals surface area contributed by atoms with E-state index in [1.807, 2.05) is 35.9 Å². The highest BCUT2D eigenvalue weighted by atomic mass is 127. The van der Waals surface area contributed by atoms with Gasteiger partial charge in [-0.3, -0.25) is 0 Å². The average molecular weight is 438 g/mol. The summed E-state index contributed by atoms with van der Waals surface area (Å²) < 4.78 is 43.5. The minimum Gasteiger partial charge on any atom is -0.406 e. The van der Waals surface area contributed by atoms with Gasteiger partial charge in [-0.15, -0.1) is 13.2 Å². The van der Waals surface area contributed by atoms with Crippen molar-refractivity contribution >= 4 is 34.2 Å². The lowest BCUT2D eigenvalue weighted by atomic mass is 10.1. The highest BCUT2D eigenvalue weighted by molar-refractivity contribution is 14.1. The molecule has 0 saturated heterocycles. The number of aryl methyl sites for hydroxylation is 1. The summed E-state index contributed by atoms with van der Waals surface area (Å²) in [5.74, 6) is -0.353. The van der Waals surface area contributed by atoms with Crippen LogP contribution >= 0.6 is 22.9 Å². The number of hydrogen-bond donors (Lipinski definition) is 3. The lowest BCUT2D eigenvalue weighted by Gasteiger charge is -2.17. The lowest BCUT2D eigenvalue weighted by molar-refractivity contribution is -0.274. The Bertz CT molecular complexity index is 680. The SMILES string of the molecule is Cc1ccc(C(O)Nc2cccc(OC(F)(F)F)c2)cc1NI. The maximum absolute atomic E-state index is 12.2. The molecule has 1 unspecified atom stereocenters. The van der Waals surface area contributed by atoms with E-state index in [0.29, 0.717) is 11.3 Å². The molecule has 4 nitrogen and oxygen atoms in total. The van der Waals surface area contributed by atoms with Crippen molar-refractivity contribution in [2.75, 3.05) is 8.85 Å². The maximum Gasteiger partial charge on any atom is 0.573 e. The largest absolute Gasteiger partial charge is 0.573 e. The third-order valence-electron chi connectivity index (χ3n) is 3.05. The van der Waals surface area contributed by atoms with Gasteiger partial charge in [0.05, 0.1) is 22.9 Å². The zero-order valence-corrected chi connectivity index (χ0v) is 14.1. The first-order valence-electron chi connectivity index (χ1n) is 6.56. The average Bonchev–Trinajstić information content (AvgIpc) is 2.46. The Morgan fingerprint density at radius 1 is 1.17 bits per heavy atom. The zero-order chi connectivity index (χ0) is 17.0. The van der Waals surface area contributed by atoms with E-state index in [4.69, 9.17) is 0 Å². The van der Waals surface area contributed by atoms with Crippen LogP contribution in [0.3, 0.4) is 0 Å². The van der Waals surface area contributed by atoms with E-state index in [2.05, 4.69) is 13.6 Å². The monoisotopic (exact) mass is 438 g/mol. The Labute approximate surface area is 145 Å². The van der Waals surface area contributed by atoms with Crippen molar-refractivity contribution in [2.45, 2.75) is 19.5 Å². The Morgan fingerprint density at radius 2 is 1.91 bits per heavy atom. The molecule has 0 spiro atoms. The second-order valence-corrected chi connectivity index (χ2v) is 5.33. The van der Waals surface area contributed by atoms with E-state index in [0.717, 1.165) is 11.3 Å². The number of hydrogen-bond acceptors (Lipinski definition) is 4. The number of anilines is 2. The fourth-order valence-electron chi connectivity index (χ4n) is 1.94. The molecule has 0 aliphatic rings. The molecule has 2 aromatic rings. The van der Waals surface area contributed by atoms with Crippen LogP contribution in [-0.4, -0.2) is 11.5 Å². The van der Waals surface area contributed by atoms with Crippen LogP contribution in [0.2, 0.25) is 0 Å². The van der Waals surface area contributed by atoms with E-state index in [-0.39, 0.29) is 5.75 Å². The van der Waals surface area contributed by atoms with Gasteiger partial charge in [-0.25, -0.2) is 0 Å². The first-order chi connectivity index (χ1) is 10.8. The van der Waals surface area contributed by atoms with Crippen molar-refractivity contribution in [2.24, 2.45) is 0 Å². The minimum atomic E-state index is -4.75. The van der Waals surface area contributed by atoms with Crippen LogP contribution in [0.4, 0.5) is 24.5 Å². The number of rotatable bonds is 5. The van der Waals surface area contributed by atoms with Gasteiger partial charge in [0, 0.05) is 23.0 Å². The molecule has 23 heavy (non-hydrogen) atoms. The molecule has 0 aliphatic carbocycles. The molecule has 0 fully saturated rings. The summed E-state index contributed by atoms with van der Waals surface area (Å²) in [6.45, 7) is 1.92. The molecule has 8 heteroatoms. The van der Waals surface area contributed by atoms with Crippen LogP contribution in [0.25, 0.3) is 0 Å². The van der Waals surface area contributed by atoms with Crippen LogP contribution in [0.1, 0.15) is 17.4 Å². The van der Waals surface area contributed by atoms with Crippen LogP contribution in [0.5, 0.6) is 5.75 Å². The lowest BCUT2D eigenvalue weighted by Crippen LogP contribution is -2.17. The number of benzene rings is 2.